The Morgan fingerprint density at radius 2 is 1.70 bits per heavy atom. The van der Waals surface area contributed by atoms with Crippen molar-refractivity contribution >= 4 is 17.7 Å². The van der Waals surface area contributed by atoms with E-state index in [1.807, 2.05) is 13.0 Å². The van der Waals surface area contributed by atoms with Gasteiger partial charge in [-0.3, -0.25) is 4.79 Å². The molecule has 3 aromatic rings. The molecule has 4 heterocycles. The summed E-state index contributed by atoms with van der Waals surface area (Å²) in [6.07, 6.45) is -0.465. The van der Waals surface area contributed by atoms with E-state index in [1.165, 1.54) is 19.5 Å². The van der Waals surface area contributed by atoms with E-state index in [-0.39, 0.29) is 11.8 Å². The predicted octanol–water partition coefficient (Wildman–Crippen LogP) is 3.62. The molecule has 12 nitrogen and oxygen atoms in total. The third kappa shape index (κ3) is 7.68. The first-order valence-electron chi connectivity index (χ1n) is 11.8. The molecular formula is C25H27F3N6O6. The third-order valence-corrected chi connectivity index (χ3v) is 5.87. The predicted molar refractivity (Wildman–Crippen MR) is 134 cm³/mol. The molecule has 0 atom stereocenters. The maximum Gasteiger partial charge on any atom is 0.490 e. The Labute approximate surface area is 226 Å². The average molecular weight is 565 g/mol. The molecule has 0 spiro atoms. The lowest BCUT2D eigenvalue weighted by atomic mass is 9.91. The number of carboxylic acids is 1. The number of halogens is 3. The number of anilines is 1. The van der Waals surface area contributed by atoms with Crippen molar-refractivity contribution in [3.05, 3.63) is 53.6 Å². The first-order chi connectivity index (χ1) is 18.9. The van der Waals surface area contributed by atoms with Crippen LogP contribution in [0.3, 0.4) is 0 Å². The number of likely N-dealkylation sites (tertiary alicyclic amines) is 1. The summed E-state index contributed by atoms with van der Waals surface area (Å²) in [5.74, 6) is -0.465. The van der Waals surface area contributed by atoms with Crippen molar-refractivity contribution < 1.29 is 42.1 Å². The van der Waals surface area contributed by atoms with Gasteiger partial charge in [0.2, 0.25) is 5.88 Å². The van der Waals surface area contributed by atoms with Gasteiger partial charge in [0.15, 0.2) is 11.5 Å². The number of nitrogens with two attached hydrogens (primary N) is 1. The van der Waals surface area contributed by atoms with E-state index in [1.54, 1.807) is 30.2 Å². The van der Waals surface area contributed by atoms with Gasteiger partial charge in [-0.15, -0.1) is 5.10 Å². The van der Waals surface area contributed by atoms with E-state index in [9.17, 15) is 18.0 Å². The lowest BCUT2D eigenvalue weighted by Gasteiger charge is -2.32. The number of rotatable bonds is 6. The van der Waals surface area contributed by atoms with Crippen LogP contribution in [0.2, 0.25) is 0 Å². The Balaban J connectivity index is 0.000000559. The molecule has 0 radical (unpaired) electrons. The number of piperidine rings is 1. The fraction of sp³-hybridized carbons (Fsp3) is 0.360. The Kier molecular flexibility index (Phi) is 9.63. The first-order valence-corrected chi connectivity index (χ1v) is 11.8. The molecule has 4 rings (SSSR count). The van der Waals surface area contributed by atoms with Gasteiger partial charge in [-0.2, -0.15) is 18.3 Å². The summed E-state index contributed by atoms with van der Waals surface area (Å²) in [4.78, 5) is 32.2. The van der Waals surface area contributed by atoms with Crippen LogP contribution in [-0.2, 0) is 4.79 Å². The molecular weight excluding hydrogens is 537 g/mol. The van der Waals surface area contributed by atoms with Gasteiger partial charge in [0.1, 0.15) is 17.3 Å². The quantitative estimate of drug-likeness (QED) is 0.449. The number of carbonyl (C=O) groups is 2. The topological polar surface area (TPSA) is 163 Å². The number of hydrogen-bond acceptors (Lipinski definition) is 10. The number of carbonyl (C=O) groups excluding carboxylic acids is 1. The summed E-state index contributed by atoms with van der Waals surface area (Å²) in [5, 5.41) is 15.4. The van der Waals surface area contributed by atoms with Crippen molar-refractivity contribution in [2.24, 2.45) is 0 Å². The smallest absolute Gasteiger partial charge is 0.490 e. The largest absolute Gasteiger partial charge is 0.493 e. The Bertz CT molecular complexity index is 1330. The fourth-order valence-electron chi connectivity index (χ4n) is 3.89. The van der Waals surface area contributed by atoms with E-state index in [2.05, 4.69) is 20.2 Å². The van der Waals surface area contributed by atoms with E-state index in [4.69, 9.17) is 29.8 Å². The molecule has 3 N–H and O–H groups in total. The van der Waals surface area contributed by atoms with Crippen LogP contribution in [0.5, 0.6) is 23.1 Å². The number of aryl methyl sites for hydroxylation is 1. The SMILES string of the molecule is COc1ccc(Oc2cnc(C(=O)N3CCC(c4nnc(N)cc4C)CC3)cc2OC)cn1.O=C(O)C(F)(F)F. The lowest BCUT2D eigenvalue weighted by Crippen LogP contribution is -2.38. The molecule has 15 heteroatoms. The Morgan fingerprint density at radius 1 is 1.02 bits per heavy atom. The van der Waals surface area contributed by atoms with Crippen LogP contribution in [0.15, 0.2) is 36.7 Å². The highest BCUT2D eigenvalue weighted by Crippen LogP contribution is 2.33. The second-order valence-electron chi connectivity index (χ2n) is 8.57. The van der Waals surface area contributed by atoms with Crippen molar-refractivity contribution in [1.29, 1.82) is 0 Å². The molecule has 3 aromatic heterocycles. The van der Waals surface area contributed by atoms with Crippen LogP contribution < -0.4 is 19.9 Å². The molecule has 0 unspecified atom stereocenters. The van der Waals surface area contributed by atoms with Crippen molar-refractivity contribution in [1.82, 2.24) is 25.1 Å². The second-order valence-corrected chi connectivity index (χ2v) is 8.57. The average Bonchev–Trinajstić information content (AvgIpc) is 2.93. The summed E-state index contributed by atoms with van der Waals surface area (Å²) >= 11 is 0. The number of amides is 1. The van der Waals surface area contributed by atoms with Gasteiger partial charge in [-0.1, -0.05) is 0 Å². The zero-order valence-corrected chi connectivity index (χ0v) is 21.8. The number of nitrogen functional groups attached to an aromatic ring is 1. The highest BCUT2D eigenvalue weighted by Gasteiger charge is 2.38. The van der Waals surface area contributed by atoms with Crippen molar-refractivity contribution in [2.45, 2.75) is 31.9 Å². The minimum absolute atomic E-state index is 0.149. The number of aliphatic carboxylic acids is 1. The third-order valence-electron chi connectivity index (χ3n) is 5.87. The monoisotopic (exact) mass is 564 g/mol. The summed E-state index contributed by atoms with van der Waals surface area (Å²) in [6.45, 7) is 3.20. The first kappa shape index (κ1) is 29.9. The minimum Gasteiger partial charge on any atom is -0.493 e. The zero-order valence-electron chi connectivity index (χ0n) is 21.8. The molecule has 1 saturated heterocycles. The number of ether oxygens (including phenoxy) is 3. The molecule has 1 fully saturated rings. The second kappa shape index (κ2) is 12.9. The highest BCUT2D eigenvalue weighted by molar-refractivity contribution is 5.93. The molecule has 214 valence electrons. The van der Waals surface area contributed by atoms with Crippen LogP contribution in [0.4, 0.5) is 19.0 Å². The van der Waals surface area contributed by atoms with Crippen LogP contribution >= 0.6 is 0 Å². The van der Waals surface area contributed by atoms with Gasteiger partial charge in [-0.25, -0.2) is 14.8 Å². The number of carboxylic acid groups (broad SMARTS) is 1. The Morgan fingerprint density at radius 3 is 2.23 bits per heavy atom. The molecule has 1 amide bonds. The molecule has 0 aromatic carbocycles. The zero-order chi connectivity index (χ0) is 29.4. The number of methoxy groups -OCH3 is 2. The Hall–Kier alpha value is -4.69. The summed E-state index contributed by atoms with van der Waals surface area (Å²) in [7, 11) is 3.06. The van der Waals surface area contributed by atoms with Gasteiger partial charge >= 0.3 is 12.1 Å². The van der Waals surface area contributed by atoms with E-state index in [0.29, 0.717) is 47.7 Å². The van der Waals surface area contributed by atoms with Gasteiger partial charge in [0, 0.05) is 31.1 Å². The number of alkyl halides is 3. The standard InChI is InChI=1S/C23H26N6O4.C2HF3O2/c1-14-10-20(24)27-28-22(14)15-6-8-29(9-7-15)23(30)17-11-18(31-2)19(13-25-17)33-16-4-5-21(32-3)26-12-16;3-2(4,5)1(6)7/h4-5,10-13,15H,6-9H2,1-3H3,(H2,24,27);(H,6,7). The highest BCUT2D eigenvalue weighted by atomic mass is 19.4. The molecule has 1 aliphatic heterocycles. The van der Waals surface area contributed by atoms with E-state index >= 15 is 0 Å². The van der Waals surface area contributed by atoms with Crippen LogP contribution in [0.25, 0.3) is 0 Å². The normalized spacial score (nSPS) is 13.6. The number of hydrogen-bond donors (Lipinski definition) is 2. The number of pyridine rings is 2. The van der Waals surface area contributed by atoms with E-state index in [0.717, 1.165) is 24.1 Å². The van der Waals surface area contributed by atoms with Crippen molar-refractivity contribution in [3.8, 4) is 23.1 Å². The summed E-state index contributed by atoms with van der Waals surface area (Å²) in [5.41, 5.74) is 7.99. The molecule has 40 heavy (non-hydrogen) atoms. The summed E-state index contributed by atoms with van der Waals surface area (Å²) in [6, 6.07) is 6.84. The molecule has 1 aliphatic rings. The summed E-state index contributed by atoms with van der Waals surface area (Å²) < 4.78 is 48.0. The van der Waals surface area contributed by atoms with Gasteiger partial charge < -0.3 is 30.0 Å². The van der Waals surface area contributed by atoms with Gasteiger partial charge in [0.05, 0.1) is 32.3 Å². The lowest BCUT2D eigenvalue weighted by molar-refractivity contribution is -0.192. The van der Waals surface area contributed by atoms with Crippen LogP contribution in [-0.4, -0.2) is 75.5 Å². The van der Waals surface area contributed by atoms with Crippen molar-refractivity contribution in [3.63, 3.8) is 0 Å². The van der Waals surface area contributed by atoms with Crippen molar-refractivity contribution in [2.75, 3.05) is 33.0 Å². The fourth-order valence-corrected chi connectivity index (χ4v) is 3.89. The van der Waals surface area contributed by atoms with Gasteiger partial charge in [-0.05, 0) is 37.5 Å². The number of nitrogens with zero attached hydrogens (tertiary/aromatic N) is 5. The van der Waals surface area contributed by atoms with Gasteiger partial charge in [0.25, 0.3) is 5.91 Å². The van der Waals surface area contributed by atoms with Crippen LogP contribution in [0, 0.1) is 6.92 Å². The van der Waals surface area contributed by atoms with E-state index < -0.39 is 12.1 Å². The molecule has 0 saturated carbocycles. The molecule has 0 aliphatic carbocycles. The molecule has 0 bridgehead atoms. The maximum atomic E-state index is 13.1. The van der Waals surface area contributed by atoms with Crippen LogP contribution in [0.1, 0.15) is 40.5 Å². The minimum atomic E-state index is -5.08. The maximum absolute atomic E-state index is 13.1. The number of aromatic nitrogens is 4.